The highest BCUT2D eigenvalue weighted by Crippen LogP contribution is 2.03. The molecule has 0 heterocycles. The number of rotatable bonds is 8. The Kier molecular flexibility index (Phi) is 9.88. The first-order chi connectivity index (χ1) is 5.81. The van der Waals surface area contributed by atoms with E-state index in [1.807, 2.05) is 0 Å². The second kappa shape index (κ2) is 9.53. The Morgan fingerprint density at radius 1 is 1.08 bits per heavy atom. The van der Waals surface area contributed by atoms with Gasteiger partial charge >= 0.3 is 0 Å². The number of hydrogen-bond acceptors (Lipinski definition) is 1. The van der Waals surface area contributed by atoms with Crippen molar-refractivity contribution >= 4 is 22.4 Å². The van der Waals surface area contributed by atoms with Crippen molar-refractivity contribution in [1.82, 2.24) is 0 Å². The lowest BCUT2D eigenvalue weighted by atomic mass is 10.2. The van der Waals surface area contributed by atoms with Crippen molar-refractivity contribution in [2.75, 3.05) is 17.4 Å². The van der Waals surface area contributed by atoms with Gasteiger partial charge in [-0.15, -0.1) is 11.6 Å². The summed E-state index contributed by atoms with van der Waals surface area (Å²) in [6.45, 7) is 2.20. The second-order valence-electron chi connectivity index (χ2n) is 2.95. The van der Waals surface area contributed by atoms with E-state index in [2.05, 4.69) is 6.92 Å². The summed E-state index contributed by atoms with van der Waals surface area (Å²) >= 11 is 5.47. The highest BCUT2D eigenvalue weighted by Gasteiger charge is 1.97. The van der Waals surface area contributed by atoms with Crippen LogP contribution in [0, 0.1) is 0 Å². The maximum Gasteiger partial charge on any atom is 0.0370 e. The van der Waals surface area contributed by atoms with Gasteiger partial charge in [-0.25, -0.2) is 0 Å². The molecule has 0 fully saturated rings. The van der Waals surface area contributed by atoms with Gasteiger partial charge in [-0.1, -0.05) is 32.6 Å². The number of alkyl halides is 1. The van der Waals surface area contributed by atoms with Crippen LogP contribution < -0.4 is 0 Å². The van der Waals surface area contributed by atoms with Gasteiger partial charge in [-0.2, -0.15) is 0 Å². The van der Waals surface area contributed by atoms with E-state index in [1.165, 1.54) is 25.7 Å². The zero-order valence-electron chi connectivity index (χ0n) is 7.85. The summed E-state index contributed by atoms with van der Waals surface area (Å²) in [5.74, 6) is 2.04. The highest BCUT2D eigenvalue weighted by atomic mass is 35.5. The topological polar surface area (TPSA) is 17.1 Å². The van der Waals surface area contributed by atoms with Gasteiger partial charge in [0.05, 0.1) is 0 Å². The Balaban J connectivity index is 3.03. The van der Waals surface area contributed by atoms with Crippen molar-refractivity contribution < 1.29 is 4.21 Å². The molecule has 0 aliphatic rings. The monoisotopic (exact) mass is 210 g/mol. The number of halogens is 1. The van der Waals surface area contributed by atoms with E-state index in [4.69, 9.17) is 11.6 Å². The van der Waals surface area contributed by atoms with Gasteiger partial charge < -0.3 is 0 Å². The molecule has 1 nitrogen and oxygen atoms in total. The first kappa shape index (κ1) is 12.4. The predicted molar refractivity (Wildman–Crippen MR) is 57.4 cm³/mol. The summed E-state index contributed by atoms with van der Waals surface area (Å²) in [4.78, 5) is 0. The molecule has 0 radical (unpaired) electrons. The van der Waals surface area contributed by atoms with Crippen molar-refractivity contribution in [3.8, 4) is 0 Å². The van der Waals surface area contributed by atoms with E-state index < -0.39 is 10.8 Å². The first-order valence-electron chi connectivity index (χ1n) is 4.72. The van der Waals surface area contributed by atoms with Gasteiger partial charge in [0.1, 0.15) is 0 Å². The molecule has 0 N–H and O–H groups in total. The molecule has 1 atom stereocenters. The summed E-state index contributed by atoms with van der Waals surface area (Å²) in [7, 11) is -0.657. The highest BCUT2D eigenvalue weighted by molar-refractivity contribution is 7.85. The Morgan fingerprint density at radius 3 is 2.33 bits per heavy atom. The average molecular weight is 211 g/mol. The molecule has 0 amide bonds. The summed E-state index contributed by atoms with van der Waals surface area (Å²) in [5.41, 5.74) is 0. The van der Waals surface area contributed by atoms with E-state index in [9.17, 15) is 4.21 Å². The lowest BCUT2D eigenvalue weighted by Gasteiger charge is -1.99. The van der Waals surface area contributed by atoms with Gasteiger partial charge in [0.15, 0.2) is 0 Å². The van der Waals surface area contributed by atoms with E-state index in [0.29, 0.717) is 11.6 Å². The van der Waals surface area contributed by atoms with Crippen LogP contribution in [0.3, 0.4) is 0 Å². The third-order valence-corrected chi connectivity index (χ3v) is 3.60. The van der Waals surface area contributed by atoms with Crippen LogP contribution in [0.2, 0.25) is 0 Å². The Labute approximate surface area is 83.3 Å². The fourth-order valence-electron chi connectivity index (χ4n) is 1.05. The van der Waals surface area contributed by atoms with Crippen molar-refractivity contribution in [2.45, 2.75) is 39.0 Å². The zero-order chi connectivity index (χ0) is 9.23. The first-order valence-corrected chi connectivity index (χ1v) is 6.74. The quantitative estimate of drug-likeness (QED) is 0.445. The van der Waals surface area contributed by atoms with Crippen molar-refractivity contribution in [1.29, 1.82) is 0 Å². The molecule has 0 saturated carbocycles. The van der Waals surface area contributed by atoms with E-state index in [1.54, 1.807) is 0 Å². The van der Waals surface area contributed by atoms with Crippen molar-refractivity contribution in [3.05, 3.63) is 0 Å². The fourth-order valence-corrected chi connectivity index (χ4v) is 2.47. The van der Waals surface area contributed by atoms with E-state index >= 15 is 0 Å². The van der Waals surface area contributed by atoms with E-state index in [-0.39, 0.29) is 0 Å². The lowest BCUT2D eigenvalue weighted by Crippen LogP contribution is -2.03. The minimum atomic E-state index is -0.657. The third kappa shape index (κ3) is 8.54. The van der Waals surface area contributed by atoms with Crippen LogP contribution in [0.25, 0.3) is 0 Å². The summed E-state index contributed by atoms with van der Waals surface area (Å²) < 4.78 is 11.1. The minimum absolute atomic E-state index is 0.529. The maximum absolute atomic E-state index is 11.1. The molecular weight excluding hydrogens is 192 g/mol. The molecule has 0 saturated heterocycles. The molecule has 0 aromatic heterocycles. The molecule has 0 aliphatic carbocycles. The standard InChI is InChI=1S/C9H19ClOS/c1-2-3-4-5-6-8-12(11)9-7-10/h2-9H2,1H3. The summed E-state index contributed by atoms with van der Waals surface area (Å²) in [6.07, 6.45) is 6.19. The predicted octanol–water partition coefficient (Wildman–Crippen LogP) is 2.94. The van der Waals surface area contributed by atoms with Crippen LogP contribution in [0.15, 0.2) is 0 Å². The molecule has 1 unspecified atom stereocenters. The minimum Gasteiger partial charge on any atom is -0.260 e. The van der Waals surface area contributed by atoms with Gasteiger partial charge in [0.2, 0.25) is 0 Å². The summed E-state index contributed by atoms with van der Waals surface area (Å²) in [6, 6.07) is 0. The van der Waals surface area contributed by atoms with Crippen LogP contribution in [-0.2, 0) is 10.8 Å². The Hall–Kier alpha value is 0.440. The van der Waals surface area contributed by atoms with Gasteiger partial charge in [-0.3, -0.25) is 4.21 Å². The van der Waals surface area contributed by atoms with Crippen LogP contribution in [0.4, 0.5) is 0 Å². The molecular formula is C9H19ClOS. The van der Waals surface area contributed by atoms with Crippen LogP contribution in [0.1, 0.15) is 39.0 Å². The molecule has 0 bridgehead atoms. The molecule has 0 spiro atoms. The zero-order valence-corrected chi connectivity index (χ0v) is 9.42. The number of hydrogen-bond donors (Lipinski definition) is 0. The second-order valence-corrected chi connectivity index (χ2v) is 5.03. The molecule has 0 aromatic carbocycles. The van der Waals surface area contributed by atoms with Gasteiger partial charge in [0.25, 0.3) is 0 Å². The Bertz CT molecular complexity index is 117. The van der Waals surface area contributed by atoms with Crippen LogP contribution in [-0.4, -0.2) is 21.6 Å². The SMILES string of the molecule is CCCCCCCS(=O)CCCl. The summed E-state index contributed by atoms with van der Waals surface area (Å²) in [5, 5.41) is 0. The molecule has 3 heteroatoms. The number of unbranched alkanes of at least 4 members (excludes halogenated alkanes) is 4. The van der Waals surface area contributed by atoms with Gasteiger partial charge in [0, 0.05) is 28.2 Å². The van der Waals surface area contributed by atoms with Crippen molar-refractivity contribution in [2.24, 2.45) is 0 Å². The lowest BCUT2D eigenvalue weighted by molar-refractivity contribution is 0.648. The van der Waals surface area contributed by atoms with Gasteiger partial charge in [-0.05, 0) is 6.42 Å². The molecule has 12 heavy (non-hydrogen) atoms. The fraction of sp³-hybridized carbons (Fsp3) is 1.00. The van der Waals surface area contributed by atoms with E-state index in [0.717, 1.165) is 12.2 Å². The van der Waals surface area contributed by atoms with Crippen LogP contribution >= 0.6 is 11.6 Å². The molecule has 0 rings (SSSR count). The largest absolute Gasteiger partial charge is 0.260 e. The third-order valence-electron chi connectivity index (χ3n) is 1.78. The Morgan fingerprint density at radius 2 is 1.75 bits per heavy atom. The molecule has 0 aromatic rings. The molecule has 0 aliphatic heterocycles. The average Bonchev–Trinajstić information content (AvgIpc) is 2.05. The normalized spacial score (nSPS) is 13.2. The maximum atomic E-state index is 11.1. The van der Waals surface area contributed by atoms with Crippen molar-refractivity contribution in [3.63, 3.8) is 0 Å². The smallest absolute Gasteiger partial charge is 0.0370 e. The molecule has 74 valence electrons. The van der Waals surface area contributed by atoms with Crippen LogP contribution in [0.5, 0.6) is 0 Å².